The molecule has 1 aliphatic rings. The number of benzene rings is 2. The van der Waals surface area contributed by atoms with Gasteiger partial charge in [0.05, 0.1) is 35.6 Å². The number of hydrogen-bond donors (Lipinski definition) is 1. The number of hydrogen-bond acceptors (Lipinski definition) is 6. The molecule has 0 aromatic heterocycles. The van der Waals surface area contributed by atoms with Crippen molar-refractivity contribution in [2.24, 2.45) is 0 Å². The number of nitrogens with zero attached hydrogens (tertiary/aromatic N) is 2. The van der Waals surface area contributed by atoms with Crippen LogP contribution < -0.4 is 20.1 Å². The lowest BCUT2D eigenvalue weighted by Gasteiger charge is -2.36. The zero-order chi connectivity index (χ0) is 22.4. The predicted molar refractivity (Wildman–Crippen MR) is 127 cm³/mol. The first-order valence-corrected chi connectivity index (χ1v) is 11.2. The van der Waals surface area contributed by atoms with Gasteiger partial charge in [0.25, 0.3) is 0 Å². The molecule has 2 aromatic carbocycles. The molecule has 8 heteroatoms. The van der Waals surface area contributed by atoms with Crippen LogP contribution in [0.5, 0.6) is 11.5 Å². The number of unbranched alkanes of at least 4 members (excludes halogenated alkanes) is 1. The van der Waals surface area contributed by atoms with E-state index in [1.54, 1.807) is 18.2 Å². The Hall–Kier alpha value is -2.15. The highest BCUT2D eigenvalue weighted by atomic mass is 35.5. The largest absolute Gasteiger partial charge is 0.493 e. The molecule has 1 saturated heterocycles. The van der Waals surface area contributed by atoms with Crippen molar-refractivity contribution < 1.29 is 14.3 Å². The van der Waals surface area contributed by atoms with Crippen LogP contribution in [-0.2, 0) is 0 Å². The second-order valence-electron chi connectivity index (χ2n) is 7.58. The van der Waals surface area contributed by atoms with Gasteiger partial charge in [-0.2, -0.15) is 0 Å². The topological polar surface area (TPSA) is 68.0 Å². The summed E-state index contributed by atoms with van der Waals surface area (Å²) >= 11 is 12.5. The number of methoxy groups -OCH3 is 2. The number of carbonyl (C=O) groups excluding carboxylic acids is 1. The highest BCUT2D eigenvalue weighted by Crippen LogP contribution is 2.35. The van der Waals surface area contributed by atoms with Gasteiger partial charge in [-0.25, -0.2) is 0 Å². The molecular weight excluding hydrogens is 437 g/mol. The summed E-state index contributed by atoms with van der Waals surface area (Å²) in [6.07, 6.45) is 2.27. The molecular formula is C23H29Cl2N3O3. The van der Waals surface area contributed by atoms with Gasteiger partial charge in [-0.05, 0) is 43.7 Å². The van der Waals surface area contributed by atoms with Gasteiger partial charge in [0, 0.05) is 38.2 Å². The molecule has 3 rings (SSSR count). The summed E-state index contributed by atoms with van der Waals surface area (Å²) in [6, 6.07) is 9.10. The number of nitrogens with two attached hydrogens (primary N) is 1. The van der Waals surface area contributed by atoms with Crippen LogP contribution in [-0.4, -0.2) is 57.6 Å². The van der Waals surface area contributed by atoms with Crippen molar-refractivity contribution in [1.29, 1.82) is 0 Å². The summed E-state index contributed by atoms with van der Waals surface area (Å²) in [5.74, 6) is 0.994. The zero-order valence-corrected chi connectivity index (χ0v) is 19.5. The van der Waals surface area contributed by atoms with E-state index in [0.717, 1.165) is 51.3 Å². The quantitative estimate of drug-likeness (QED) is 0.326. The molecule has 0 aliphatic carbocycles. The molecule has 1 fully saturated rings. The summed E-state index contributed by atoms with van der Waals surface area (Å²) in [5.41, 5.74) is 7.94. The van der Waals surface area contributed by atoms with Gasteiger partial charge in [0.1, 0.15) is 0 Å². The second-order valence-corrected chi connectivity index (χ2v) is 8.37. The molecule has 1 heterocycles. The predicted octanol–water partition coefficient (Wildman–Crippen LogP) is 4.77. The fraction of sp³-hybridized carbons (Fsp3) is 0.435. The average Bonchev–Trinajstić information content (AvgIpc) is 2.78. The maximum absolute atomic E-state index is 12.6. The lowest BCUT2D eigenvalue weighted by atomic mass is 10.0. The number of ketones is 1. The van der Waals surface area contributed by atoms with E-state index in [0.29, 0.717) is 39.2 Å². The SMILES string of the molecule is COc1cc(C(=O)CCCCN2CCN(c3cccc(Cl)c3Cl)CC2)cc(N)c1OC. The van der Waals surface area contributed by atoms with Crippen LogP contribution >= 0.6 is 23.2 Å². The van der Waals surface area contributed by atoms with Gasteiger partial charge < -0.3 is 20.1 Å². The lowest BCUT2D eigenvalue weighted by Crippen LogP contribution is -2.46. The molecule has 2 N–H and O–H groups in total. The maximum atomic E-state index is 12.6. The number of Topliss-reactive ketones (excluding diaryl/α,β-unsaturated/α-hetero) is 1. The molecule has 0 bridgehead atoms. The van der Waals surface area contributed by atoms with Crippen molar-refractivity contribution in [3.8, 4) is 11.5 Å². The van der Waals surface area contributed by atoms with Crippen LogP contribution in [0.2, 0.25) is 10.0 Å². The molecule has 0 saturated carbocycles. The Morgan fingerprint density at radius 1 is 1.06 bits per heavy atom. The molecule has 1 aliphatic heterocycles. The summed E-state index contributed by atoms with van der Waals surface area (Å²) < 4.78 is 10.5. The van der Waals surface area contributed by atoms with Crippen molar-refractivity contribution in [2.75, 3.05) is 57.6 Å². The van der Waals surface area contributed by atoms with E-state index in [1.807, 2.05) is 12.1 Å². The number of piperazine rings is 1. The summed E-state index contributed by atoms with van der Waals surface area (Å²) in [4.78, 5) is 17.3. The third-order valence-corrected chi connectivity index (χ3v) is 6.41. The minimum atomic E-state index is 0.0630. The fourth-order valence-corrected chi connectivity index (χ4v) is 4.28. The monoisotopic (exact) mass is 465 g/mol. The van der Waals surface area contributed by atoms with Crippen LogP contribution in [0.1, 0.15) is 29.6 Å². The Bertz CT molecular complexity index is 915. The Morgan fingerprint density at radius 2 is 1.81 bits per heavy atom. The van der Waals surface area contributed by atoms with E-state index in [-0.39, 0.29) is 5.78 Å². The van der Waals surface area contributed by atoms with Crippen molar-refractivity contribution in [3.63, 3.8) is 0 Å². The van der Waals surface area contributed by atoms with Crippen LogP contribution in [0.4, 0.5) is 11.4 Å². The standard InChI is InChI=1S/C23H29Cl2N3O3/c1-30-21-15-16(14-18(26)23(21)31-2)20(29)8-3-4-9-27-10-12-28(13-11-27)19-7-5-6-17(24)22(19)25/h5-7,14-15H,3-4,8-13,26H2,1-2H3. The van der Waals surface area contributed by atoms with E-state index >= 15 is 0 Å². The van der Waals surface area contributed by atoms with Crippen molar-refractivity contribution in [2.45, 2.75) is 19.3 Å². The molecule has 0 radical (unpaired) electrons. The van der Waals surface area contributed by atoms with Crippen molar-refractivity contribution >= 4 is 40.4 Å². The Labute approximate surface area is 193 Å². The summed E-state index contributed by atoms with van der Waals surface area (Å²) in [7, 11) is 3.06. The van der Waals surface area contributed by atoms with E-state index < -0.39 is 0 Å². The molecule has 6 nitrogen and oxygen atoms in total. The van der Waals surface area contributed by atoms with Gasteiger partial charge in [-0.15, -0.1) is 0 Å². The van der Waals surface area contributed by atoms with E-state index in [2.05, 4.69) is 9.80 Å². The smallest absolute Gasteiger partial charge is 0.183 e. The number of anilines is 2. The first kappa shape index (κ1) is 23.5. The number of carbonyl (C=O) groups is 1. The van der Waals surface area contributed by atoms with Crippen molar-refractivity contribution in [3.05, 3.63) is 45.9 Å². The third-order valence-electron chi connectivity index (χ3n) is 5.60. The van der Waals surface area contributed by atoms with E-state index in [1.165, 1.54) is 14.2 Å². The minimum absolute atomic E-state index is 0.0630. The maximum Gasteiger partial charge on any atom is 0.183 e. The lowest BCUT2D eigenvalue weighted by molar-refractivity contribution is 0.0977. The summed E-state index contributed by atoms with van der Waals surface area (Å²) in [6.45, 7) is 4.71. The molecule has 31 heavy (non-hydrogen) atoms. The van der Waals surface area contributed by atoms with Crippen LogP contribution in [0, 0.1) is 0 Å². The first-order chi connectivity index (χ1) is 14.9. The molecule has 168 valence electrons. The molecule has 0 amide bonds. The molecule has 0 atom stereocenters. The fourth-order valence-electron chi connectivity index (χ4n) is 3.87. The van der Waals surface area contributed by atoms with Gasteiger partial charge in [0.2, 0.25) is 0 Å². The third kappa shape index (κ3) is 5.76. The highest BCUT2D eigenvalue weighted by Gasteiger charge is 2.20. The Balaban J connectivity index is 1.43. The molecule has 2 aromatic rings. The van der Waals surface area contributed by atoms with Gasteiger partial charge in [0.15, 0.2) is 17.3 Å². The second kappa shape index (κ2) is 10.9. The van der Waals surface area contributed by atoms with Crippen LogP contribution in [0.15, 0.2) is 30.3 Å². The first-order valence-electron chi connectivity index (χ1n) is 10.4. The number of rotatable bonds is 9. The van der Waals surface area contributed by atoms with E-state index in [4.69, 9.17) is 38.4 Å². The minimum Gasteiger partial charge on any atom is -0.493 e. The Kier molecular flexibility index (Phi) is 8.29. The van der Waals surface area contributed by atoms with E-state index in [9.17, 15) is 4.79 Å². The zero-order valence-electron chi connectivity index (χ0n) is 18.0. The number of ether oxygens (including phenoxy) is 2. The van der Waals surface area contributed by atoms with Gasteiger partial charge >= 0.3 is 0 Å². The number of halogens is 2. The normalized spacial score (nSPS) is 14.5. The van der Waals surface area contributed by atoms with Crippen LogP contribution in [0.3, 0.4) is 0 Å². The Morgan fingerprint density at radius 3 is 2.48 bits per heavy atom. The average molecular weight is 466 g/mol. The highest BCUT2D eigenvalue weighted by molar-refractivity contribution is 6.43. The van der Waals surface area contributed by atoms with Crippen LogP contribution in [0.25, 0.3) is 0 Å². The van der Waals surface area contributed by atoms with Gasteiger partial charge in [-0.3, -0.25) is 9.69 Å². The number of nitrogen functional groups attached to an aromatic ring is 1. The molecule has 0 unspecified atom stereocenters. The summed E-state index contributed by atoms with van der Waals surface area (Å²) in [5, 5.41) is 1.20. The van der Waals surface area contributed by atoms with Crippen molar-refractivity contribution in [1.82, 2.24) is 4.90 Å². The van der Waals surface area contributed by atoms with Gasteiger partial charge in [-0.1, -0.05) is 29.3 Å². The molecule has 0 spiro atoms.